The van der Waals surface area contributed by atoms with E-state index in [1.165, 1.54) is 5.52 Å². The molecule has 4 rings (SSSR count). The number of aromatic nitrogens is 4. The third kappa shape index (κ3) is 2.42. The minimum atomic E-state index is 0.651. The first-order valence-corrected chi connectivity index (χ1v) is 8.37. The molecule has 0 spiro atoms. The van der Waals surface area contributed by atoms with Gasteiger partial charge in [0, 0.05) is 13.6 Å². The molecule has 24 heavy (non-hydrogen) atoms. The van der Waals surface area contributed by atoms with Crippen LogP contribution in [-0.2, 0) is 20.1 Å². The number of para-hydroxylation sites is 4. The quantitative estimate of drug-likeness (QED) is 0.606. The molecular weight excluding hydrogens is 298 g/mol. The molecule has 2 aromatic heterocycles. The van der Waals surface area contributed by atoms with E-state index in [1.54, 1.807) is 0 Å². The van der Waals surface area contributed by atoms with Gasteiger partial charge in [0.05, 0.1) is 28.6 Å². The smallest absolute Gasteiger partial charge is 0.204 e. The van der Waals surface area contributed by atoms with E-state index in [1.807, 2.05) is 24.3 Å². The van der Waals surface area contributed by atoms with Crippen molar-refractivity contribution >= 4 is 28.0 Å². The molecule has 0 atom stereocenters. The van der Waals surface area contributed by atoms with Crippen LogP contribution in [0.15, 0.2) is 48.5 Å². The van der Waals surface area contributed by atoms with E-state index in [0.717, 1.165) is 41.3 Å². The van der Waals surface area contributed by atoms with Gasteiger partial charge in [-0.05, 0) is 30.7 Å². The number of hydrogen-bond donors (Lipinski definition) is 1. The van der Waals surface area contributed by atoms with Crippen LogP contribution in [0.1, 0.15) is 19.2 Å². The molecule has 0 bridgehead atoms. The highest BCUT2D eigenvalue weighted by molar-refractivity contribution is 5.79. The number of rotatable bonds is 5. The number of hydrogen-bond acceptors (Lipinski definition) is 3. The third-order valence-electron chi connectivity index (χ3n) is 4.39. The Kier molecular flexibility index (Phi) is 3.69. The summed E-state index contributed by atoms with van der Waals surface area (Å²) in [6.07, 6.45) is 1.07. The van der Waals surface area contributed by atoms with Gasteiger partial charge in [0.25, 0.3) is 0 Å². The predicted molar refractivity (Wildman–Crippen MR) is 98.1 cm³/mol. The van der Waals surface area contributed by atoms with E-state index in [-0.39, 0.29) is 0 Å². The highest BCUT2D eigenvalue weighted by Gasteiger charge is 2.11. The van der Waals surface area contributed by atoms with Gasteiger partial charge >= 0.3 is 0 Å². The van der Waals surface area contributed by atoms with Crippen LogP contribution in [0.3, 0.4) is 0 Å². The van der Waals surface area contributed by atoms with Crippen molar-refractivity contribution < 1.29 is 0 Å². The van der Waals surface area contributed by atoms with Crippen molar-refractivity contribution in [1.82, 2.24) is 19.1 Å². The van der Waals surface area contributed by atoms with Crippen LogP contribution >= 0.6 is 0 Å². The molecule has 0 radical (unpaired) electrons. The molecule has 0 aliphatic carbocycles. The van der Waals surface area contributed by atoms with E-state index in [2.05, 4.69) is 52.7 Å². The lowest BCUT2D eigenvalue weighted by molar-refractivity contribution is 0.697. The topological polar surface area (TPSA) is 47.7 Å². The number of anilines is 1. The molecule has 0 fully saturated rings. The third-order valence-corrected chi connectivity index (χ3v) is 4.39. The number of nitrogens with one attached hydrogen (secondary N) is 1. The Morgan fingerprint density at radius 2 is 1.58 bits per heavy atom. The fourth-order valence-electron chi connectivity index (χ4n) is 3.17. The van der Waals surface area contributed by atoms with E-state index in [4.69, 9.17) is 9.97 Å². The fourth-order valence-corrected chi connectivity index (χ4v) is 3.17. The molecule has 0 aliphatic heterocycles. The van der Waals surface area contributed by atoms with Crippen molar-refractivity contribution in [3.63, 3.8) is 0 Å². The molecule has 5 nitrogen and oxygen atoms in total. The van der Waals surface area contributed by atoms with Crippen molar-refractivity contribution in [3.05, 3.63) is 54.4 Å². The Bertz CT molecular complexity index is 996. The molecule has 2 heterocycles. The second-order valence-corrected chi connectivity index (χ2v) is 6.01. The first-order valence-electron chi connectivity index (χ1n) is 8.37. The number of imidazole rings is 2. The van der Waals surface area contributed by atoms with Gasteiger partial charge < -0.3 is 14.5 Å². The summed E-state index contributed by atoms with van der Waals surface area (Å²) in [5.74, 6) is 1.91. The van der Waals surface area contributed by atoms with Gasteiger partial charge in [0.1, 0.15) is 5.82 Å². The lowest BCUT2D eigenvalue weighted by atomic mass is 10.3. The minimum Gasteiger partial charge on any atom is -0.348 e. The molecule has 5 heteroatoms. The average molecular weight is 319 g/mol. The Balaban J connectivity index is 1.66. The van der Waals surface area contributed by atoms with Gasteiger partial charge in [-0.15, -0.1) is 0 Å². The van der Waals surface area contributed by atoms with Crippen molar-refractivity contribution in [3.8, 4) is 0 Å². The lowest BCUT2D eigenvalue weighted by Crippen LogP contribution is -2.10. The Hall–Kier alpha value is -2.82. The molecule has 4 aromatic rings. The van der Waals surface area contributed by atoms with Crippen molar-refractivity contribution in [2.75, 3.05) is 5.32 Å². The van der Waals surface area contributed by atoms with Gasteiger partial charge in [0.2, 0.25) is 5.95 Å². The van der Waals surface area contributed by atoms with Crippen LogP contribution in [0.4, 0.5) is 5.95 Å². The van der Waals surface area contributed by atoms with Crippen molar-refractivity contribution in [1.29, 1.82) is 0 Å². The molecule has 0 amide bonds. The normalized spacial score (nSPS) is 11.4. The average Bonchev–Trinajstić information content (AvgIpc) is 3.12. The van der Waals surface area contributed by atoms with Crippen LogP contribution in [0.25, 0.3) is 22.1 Å². The summed E-state index contributed by atoms with van der Waals surface area (Å²) in [5, 5.41) is 3.47. The van der Waals surface area contributed by atoms with Gasteiger partial charge in [0.15, 0.2) is 0 Å². The Morgan fingerprint density at radius 1 is 0.917 bits per heavy atom. The number of benzene rings is 2. The summed E-state index contributed by atoms with van der Waals surface area (Å²) in [4.78, 5) is 9.47. The minimum absolute atomic E-state index is 0.651. The van der Waals surface area contributed by atoms with E-state index >= 15 is 0 Å². The number of nitrogens with zero attached hydrogens (tertiary/aromatic N) is 4. The lowest BCUT2D eigenvalue weighted by Gasteiger charge is -2.09. The van der Waals surface area contributed by atoms with Gasteiger partial charge in [-0.3, -0.25) is 0 Å². The zero-order valence-electron chi connectivity index (χ0n) is 14.0. The van der Waals surface area contributed by atoms with Gasteiger partial charge in [-0.2, -0.15) is 0 Å². The first kappa shape index (κ1) is 14.8. The number of aryl methyl sites for hydroxylation is 2. The standard InChI is InChI=1S/C19H21N5/c1-3-12-24-17-11-7-5-9-15(17)22-19(24)20-13-18-21-14-8-4-6-10-16(14)23(18)2/h4-11H,3,12-13H2,1-2H3,(H,20,22). The maximum atomic E-state index is 4.74. The van der Waals surface area contributed by atoms with Gasteiger partial charge in [-0.25, -0.2) is 9.97 Å². The fraction of sp³-hybridized carbons (Fsp3) is 0.263. The first-order chi connectivity index (χ1) is 11.8. The molecule has 0 saturated heterocycles. The summed E-state index contributed by atoms with van der Waals surface area (Å²) >= 11 is 0. The van der Waals surface area contributed by atoms with E-state index in [9.17, 15) is 0 Å². The highest BCUT2D eigenvalue weighted by atomic mass is 15.2. The summed E-state index contributed by atoms with van der Waals surface area (Å²) in [5.41, 5.74) is 4.38. The van der Waals surface area contributed by atoms with Crippen molar-refractivity contribution in [2.45, 2.75) is 26.4 Å². The van der Waals surface area contributed by atoms with Crippen LogP contribution in [0.2, 0.25) is 0 Å². The zero-order valence-corrected chi connectivity index (χ0v) is 14.0. The van der Waals surface area contributed by atoms with Crippen LogP contribution in [0, 0.1) is 0 Å². The summed E-state index contributed by atoms with van der Waals surface area (Å²) < 4.78 is 4.38. The molecular formula is C19H21N5. The number of fused-ring (bicyclic) bond motifs is 2. The predicted octanol–water partition coefficient (Wildman–Crippen LogP) is 3.95. The summed E-state index contributed by atoms with van der Waals surface area (Å²) in [6, 6.07) is 16.5. The molecule has 0 unspecified atom stereocenters. The SMILES string of the molecule is CCCn1c(NCc2nc3ccccc3n2C)nc2ccccc21. The maximum absolute atomic E-state index is 4.74. The Labute approximate surface area is 141 Å². The molecule has 2 aromatic carbocycles. The van der Waals surface area contributed by atoms with Crippen LogP contribution < -0.4 is 5.32 Å². The van der Waals surface area contributed by atoms with Crippen LogP contribution in [-0.4, -0.2) is 19.1 Å². The van der Waals surface area contributed by atoms with Crippen molar-refractivity contribution in [2.24, 2.45) is 7.05 Å². The maximum Gasteiger partial charge on any atom is 0.204 e. The Morgan fingerprint density at radius 3 is 2.29 bits per heavy atom. The second-order valence-electron chi connectivity index (χ2n) is 6.01. The summed E-state index contributed by atoms with van der Waals surface area (Å²) in [7, 11) is 2.06. The molecule has 0 saturated carbocycles. The van der Waals surface area contributed by atoms with E-state index in [0.29, 0.717) is 6.54 Å². The largest absolute Gasteiger partial charge is 0.348 e. The van der Waals surface area contributed by atoms with E-state index < -0.39 is 0 Å². The molecule has 122 valence electrons. The molecule has 1 N–H and O–H groups in total. The van der Waals surface area contributed by atoms with Gasteiger partial charge in [-0.1, -0.05) is 31.2 Å². The zero-order chi connectivity index (χ0) is 16.5. The molecule has 0 aliphatic rings. The van der Waals surface area contributed by atoms with Crippen LogP contribution in [0.5, 0.6) is 0 Å². The second kappa shape index (κ2) is 6.00. The monoisotopic (exact) mass is 319 g/mol. The summed E-state index contributed by atoms with van der Waals surface area (Å²) in [6.45, 7) is 3.79. The highest BCUT2D eigenvalue weighted by Crippen LogP contribution is 2.21.